The predicted molar refractivity (Wildman–Crippen MR) is 96.8 cm³/mol. The first-order chi connectivity index (χ1) is 13.4. The van der Waals surface area contributed by atoms with Gasteiger partial charge in [-0.3, -0.25) is 4.79 Å². The number of methoxy groups -OCH3 is 1. The van der Waals surface area contributed by atoms with E-state index in [1.54, 1.807) is 24.3 Å². The number of fused-ring (bicyclic) bond motifs is 1. The number of esters is 1. The summed E-state index contributed by atoms with van der Waals surface area (Å²) in [6.07, 6.45) is -1.25. The molecule has 0 radical (unpaired) electrons. The molecule has 1 N–H and O–H groups in total. The van der Waals surface area contributed by atoms with Gasteiger partial charge in [-0.25, -0.2) is 13.6 Å². The average molecular weight is 389 g/mol. The fourth-order valence-corrected chi connectivity index (χ4v) is 2.64. The highest BCUT2D eigenvalue weighted by molar-refractivity contribution is 5.99. The third-order valence-corrected chi connectivity index (χ3v) is 4.01. The molecule has 1 heterocycles. The number of hydrogen-bond acceptors (Lipinski definition) is 5. The molecule has 1 atom stereocenters. The molecule has 0 saturated carbocycles. The van der Waals surface area contributed by atoms with Crippen LogP contribution in [0.1, 0.15) is 23.0 Å². The molecular formula is C20H17F2NO5. The molecule has 0 aliphatic carbocycles. The van der Waals surface area contributed by atoms with Gasteiger partial charge in [0.25, 0.3) is 5.91 Å². The van der Waals surface area contributed by atoms with Gasteiger partial charge in [-0.05, 0) is 25.1 Å². The van der Waals surface area contributed by atoms with E-state index in [1.807, 2.05) is 0 Å². The lowest BCUT2D eigenvalue weighted by Gasteiger charge is -2.13. The minimum Gasteiger partial charge on any atom is -0.449 e. The third kappa shape index (κ3) is 4.01. The molecule has 0 aliphatic heterocycles. The zero-order valence-electron chi connectivity index (χ0n) is 15.1. The molecule has 0 saturated heterocycles. The van der Waals surface area contributed by atoms with Gasteiger partial charge in [-0.15, -0.1) is 0 Å². The second-order valence-corrected chi connectivity index (χ2v) is 6.00. The number of anilines is 1. The largest absolute Gasteiger partial charge is 0.449 e. The van der Waals surface area contributed by atoms with Gasteiger partial charge in [0.2, 0.25) is 5.76 Å². The van der Waals surface area contributed by atoms with E-state index in [-0.39, 0.29) is 18.1 Å². The normalized spacial score (nSPS) is 12.0. The van der Waals surface area contributed by atoms with E-state index >= 15 is 0 Å². The van der Waals surface area contributed by atoms with Crippen molar-refractivity contribution in [1.29, 1.82) is 0 Å². The molecule has 0 fully saturated rings. The van der Waals surface area contributed by atoms with Crippen LogP contribution in [-0.2, 0) is 20.9 Å². The summed E-state index contributed by atoms with van der Waals surface area (Å²) < 4.78 is 42.4. The second-order valence-electron chi connectivity index (χ2n) is 6.00. The van der Waals surface area contributed by atoms with E-state index in [9.17, 15) is 18.4 Å². The lowest BCUT2D eigenvalue weighted by molar-refractivity contribution is -0.123. The highest BCUT2D eigenvalue weighted by Crippen LogP contribution is 2.27. The number of halogens is 2. The summed E-state index contributed by atoms with van der Waals surface area (Å²) >= 11 is 0. The van der Waals surface area contributed by atoms with Crippen LogP contribution in [0.3, 0.4) is 0 Å². The Morgan fingerprint density at radius 2 is 1.93 bits per heavy atom. The molecule has 0 spiro atoms. The van der Waals surface area contributed by atoms with Crippen LogP contribution in [0.4, 0.5) is 14.5 Å². The van der Waals surface area contributed by atoms with E-state index in [0.29, 0.717) is 22.6 Å². The Labute approximate surface area is 159 Å². The van der Waals surface area contributed by atoms with E-state index in [1.165, 1.54) is 14.0 Å². The van der Waals surface area contributed by atoms with E-state index in [4.69, 9.17) is 13.9 Å². The minimum atomic E-state index is -1.25. The molecule has 0 aliphatic rings. The fraction of sp³-hybridized carbons (Fsp3) is 0.200. The van der Waals surface area contributed by atoms with Crippen LogP contribution in [-0.4, -0.2) is 25.1 Å². The highest BCUT2D eigenvalue weighted by Gasteiger charge is 2.26. The minimum absolute atomic E-state index is 0.0735. The molecule has 2 aromatic carbocycles. The zero-order valence-corrected chi connectivity index (χ0v) is 15.1. The van der Waals surface area contributed by atoms with Gasteiger partial charge in [0, 0.05) is 24.1 Å². The maximum atomic E-state index is 13.7. The predicted octanol–water partition coefficient (Wildman–Crippen LogP) is 4.04. The number of ether oxygens (including phenoxy) is 2. The lowest BCUT2D eigenvalue weighted by Crippen LogP contribution is -2.30. The van der Waals surface area contributed by atoms with Crippen LogP contribution in [0.15, 0.2) is 46.9 Å². The van der Waals surface area contributed by atoms with Crippen molar-refractivity contribution in [3.05, 3.63) is 65.4 Å². The molecular weight excluding hydrogens is 372 g/mol. The van der Waals surface area contributed by atoms with Gasteiger partial charge in [-0.2, -0.15) is 0 Å². The van der Waals surface area contributed by atoms with Crippen molar-refractivity contribution in [2.75, 3.05) is 12.4 Å². The molecule has 1 amide bonds. The Morgan fingerprint density at radius 1 is 1.18 bits per heavy atom. The van der Waals surface area contributed by atoms with Crippen LogP contribution < -0.4 is 5.32 Å². The topological polar surface area (TPSA) is 77.8 Å². The molecule has 3 aromatic rings. The molecule has 0 bridgehead atoms. The van der Waals surface area contributed by atoms with Crippen molar-refractivity contribution in [3.8, 4) is 0 Å². The van der Waals surface area contributed by atoms with Crippen LogP contribution in [0.5, 0.6) is 0 Å². The number of furan rings is 1. The molecule has 3 rings (SSSR count). The third-order valence-electron chi connectivity index (χ3n) is 4.01. The standard InChI is InChI=1S/C20H17F2NO5/c1-11(19(24)23-16-8-7-12(21)9-15(16)22)27-20(25)18-14(10-26-2)13-5-3-4-6-17(13)28-18/h3-9,11H,10H2,1-2H3,(H,23,24). The monoisotopic (exact) mass is 389 g/mol. The Bertz CT molecular complexity index is 1030. The van der Waals surface area contributed by atoms with E-state index in [0.717, 1.165) is 12.1 Å². The van der Waals surface area contributed by atoms with Crippen molar-refractivity contribution in [1.82, 2.24) is 0 Å². The number of amides is 1. The number of hydrogen-bond donors (Lipinski definition) is 1. The Morgan fingerprint density at radius 3 is 2.64 bits per heavy atom. The van der Waals surface area contributed by atoms with Crippen LogP contribution in [0.25, 0.3) is 11.0 Å². The zero-order chi connectivity index (χ0) is 20.3. The van der Waals surface area contributed by atoms with E-state index < -0.39 is 29.6 Å². The van der Waals surface area contributed by atoms with Crippen molar-refractivity contribution >= 4 is 28.5 Å². The number of nitrogens with one attached hydrogen (secondary N) is 1. The SMILES string of the molecule is COCc1c(C(=O)OC(C)C(=O)Nc2ccc(F)cc2F)oc2ccccc12. The molecule has 1 unspecified atom stereocenters. The lowest BCUT2D eigenvalue weighted by atomic mass is 10.1. The summed E-state index contributed by atoms with van der Waals surface area (Å²) in [5.74, 6) is -3.42. The van der Waals surface area contributed by atoms with Gasteiger partial charge < -0.3 is 19.2 Å². The van der Waals surface area contributed by atoms with Gasteiger partial charge in [0.15, 0.2) is 6.10 Å². The van der Waals surface area contributed by atoms with Crippen LogP contribution in [0.2, 0.25) is 0 Å². The summed E-state index contributed by atoms with van der Waals surface area (Å²) in [5.41, 5.74) is 0.755. The molecule has 1 aromatic heterocycles. The Balaban J connectivity index is 1.76. The summed E-state index contributed by atoms with van der Waals surface area (Å²) in [4.78, 5) is 24.7. The maximum Gasteiger partial charge on any atom is 0.375 e. The Hall–Kier alpha value is -3.26. The summed E-state index contributed by atoms with van der Waals surface area (Å²) in [7, 11) is 1.48. The highest BCUT2D eigenvalue weighted by atomic mass is 19.1. The number of para-hydroxylation sites is 1. The van der Waals surface area contributed by atoms with Crippen molar-refractivity contribution in [2.45, 2.75) is 19.6 Å². The van der Waals surface area contributed by atoms with Crippen LogP contribution >= 0.6 is 0 Å². The quantitative estimate of drug-likeness (QED) is 0.644. The smallest absolute Gasteiger partial charge is 0.375 e. The number of carbonyl (C=O) groups is 2. The Kier molecular flexibility index (Phi) is 5.70. The van der Waals surface area contributed by atoms with Crippen molar-refractivity contribution in [2.24, 2.45) is 0 Å². The summed E-state index contributed by atoms with van der Waals surface area (Å²) in [6.45, 7) is 1.44. The number of benzene rings is 2. The van der Waals surface area contributed by atoms with Crippen LogP contribution in [0, 0.1) is 11.6 Å². The second kappa shape index (κ2) is 8.18. The van der Waals surface area contributed by atoms with E-state index in [2.05, 4.69) is 5.32 Å². The first-order valence-electron chi connectivity index (χ1n) is 8.37. The van der Waals surface area contributed by atoms with Gasteiger partial charge >= 0.3 is 5.97 Å². The summed E-state index contributed by atoms with van der Waals surface area (Å²) in [5, 5.41) is 2.94. The molecule has 28 heavy (non-hydrogen) atoms. The van der Waals surface area contributed by atoms with Crippen molar-refractivity contribution in [3.63, 3.8) is 0 Å². The maximum absolute atomic E-state index is 13.7. The summed E-state index contributed by atoms with van der Waals surface area (Å²) in [6, 6.07) is 9.73. The first-order valence-corrected chi connectivity index (χ1v) is 8.37. The fourth-order valence-electron chi connectivity index (χ4n) is 2.64. The molecule has 6 nitrogen and oxygen atoms in total. The van der Waals surface area contributed by atoms with Crippen molar-refractivity contribution < 1.29 is 32.3 Å². The number of rotatable bonds is 6. The molecule has 8 heteroatoms. The molecule has 146 valence electrons. The van der Waals surface area contributed by atoms with Gasteiger partial charge in [0.1, 0.15) is 17.2 Å². The number of carbonyl (C=O) groups excluding carboxylic acids is 2. The van der Waals surface area contributed by atoms with Gasteiger partial charge in [-0.1, -0.05) is 18.2 Å². The average Bonchev–Trinajstić information content (AvgIpc) is 3.03. The first kappa shape index (κ1) is 19.5. The van der Waals surface area contributed by atoms with Gasteiger partial charge in [0.05, 0.1) is 12.3 Å².